The van der Waals surface area contributed by atoms with Crippen LogP contribution in [0.3, 0.4) is 0 Å². The van der Waals surface area contributed by atoms with Gasteiger partial charge in [0.1, 0.15) is 0 Å². The molecule has 2 aromatic rings. The highest BCUT2D eigenvalue weighted by Gasteiger charge is 2.15. The zero-order valence-electron chi connectivity index (χ0n) is 11.6. The van der Waals surface area contributed by atoms with Crippen LogP contribution in [0.5, 0.6) is 0 Å². The van der Waals surface area contributed by atoms with E-state index in [1.807, 2.05) is 31.2 Å². The van der Waals surface area contributed by atoms with Crippen LogP contribution in [-0.4, -0.2) is 15.9 Å². The van der Waals surface area contributed by atoms with Crippen molar-refractivity contribution in [2.45, 2.75) is 26.3 Å². The Morgan fingerprint density at radius 1 is 1.38 bits per heavy atom. The number of carbonyl (C=O) groups is 1. The topological polar surface area (TPSA) is 82.0 Å². The Balaban J connectivity index is 0.00000220. The van der Waals surface area contributed by atoms with Gasteiger partial charge in [0.2, 0.25) is 5.89 Å². The van der Waals surface area contributed by atoms with Crippen molar-refractivity contribution in [1.29, 1.82) is 0 Å². The molecule has 1 unspecified atom stereocenters. The van der Waals surface area contributed by atoms with Gasteiger partial charge in [0.15, 0.2) is 11.6 Å². The highest BCUT2D eigenvalue weighted by Crippen LogP contribution is 2.16. The molecule has 0 radical (unpaired) electrons. The Labute approximate surface area is 137 Å². The van der Waals surface area contributed by atoms with E-state index in [1.54, 1.807) is 0 Å². The second-order valence-electron chi connectivity index (χ2n) is 4.75. The molecule has 7 heteroatoms. The number of aromatic nitrogens is 2. The molecular formula is C14H17BrClN3O2. The third-order valence-electron chi connectivity index (χ3n) is 2.92. The Morgan fingerprint density at radius 2 is 2.05 bits per heavy atom. The van der Waals surface area contributed by atoms with Crippen molar-refractivity contribution in [2.24, 2.45) is 11.7 Å². The molecule has 0 saturated carbocycles. The van der Waals surface area contributed by atoms with Gasteiger partial charge in [-0.3, -0.25) is 4.79 Å². The average Bonchev–Trinajstić information content (AvgIpc) is 2.86. The smallest absolute Gasteiger partial charge is 0.226 e. The van der Waals surface area contributed by atoms with Crippen molar-refractivity contribution in [2.75, 3.05) is 0 Å². The zero-order chi connectivity index (χ0) is 14.5. The molecule has 114 valence electrons. The number of hydrogen-bond acceptors (Lipinski definition) is 5. The standard InChI is InChI=1S/C14H16BrN3O2.ClH/c1-9(7-14-17-13(8-16)18-20-14)6-12(19)10-2-4-11(15)5-3-10;/h2-5,9H,6-8,16H2,1H3;1H. The predicted molar refractivity (Wildman–Crippen MR) is 85.4 cm³/mol. The quantitative estimate of drug-likeness (QED) is 0.785. The second kappa shape index (κ2) is 8.26. The molecule has 0 aliphatic rings. The third-order valence-corrected chi connectivity index (χ3v) is 3.44. The first-order chi connectivity index (χ1) is 9.58. The van der Waals surface area contributed by atoms with Crippen LogP contribution in [0, 0.1) is 5.92 Å². The number of nitrogens with zero attached hydrogens (tertiary/aromatic N) is 2. The van der Waals surface area contributed by atoms with E-state index in [2.05, 4.69) is 26.1 Å². The first kappa shape index (κ1) is 17.8. The molecule has 0 spiro atoms. The molecule has 21 heavy (non-hydrogen) atoms. The highest BCUT2D eigenvalue weighted by atomic mass is 79.9. The van der Waals surface area contributed by atoms with Gasteiger partial charge in [-0.15, -0.1) is 12.4 Å². The fourth-order valence-corrected chi connectivity index (χ4v) is 2.16. The van der Waals surface area contributed by atoms with Crippen LogP contribution in [-0.2, 0) is 13.0 Å². The number of Topliss-reactive ketones (excluding diaryl/α,β-unsaturated/α-hetero) is 1. The summed E-state index contributed by atoms with van der Waals surface area (Å²) in [5, 5.41) is 3.73. The number of carbonyl (C=O) groups excluding carboxylic acids is 1. The van der Waals surface area contributed by atoms with E-state index < -0.39 is 0 Å². The number of rotatable bonds is 6. The van der Waals surface area contributed by atoms with E-state index in [1.165, 1.54) is 0 Å². The van der Waals surface area contributed by atoms with Gasteiger partial charge in [-0.2, -0.15) is 4.98 Å². The lowest BCUT2D eigenvalue weighted by atomic mass is 9.97. The van der Waals surface area contributed by atoms with Crippen LogP contribution in [0.25, 0.3) is 0 Å². The number of hydrogen-bond donors (Lipinski definition) is 1. The molecule has 0 bridgehead atoms. The van der Waals surface area contributed by atoms with E-state index in [4.69, 9.17) is 10.3 Å². The molecule has 1 aromatic carbocycles. The summed E-state index contributed by atoms with van der Waals surface area (Å²) in [6.45, 7) is 2.25. The fraction of sp³-hybridized carbons (Fsp3) is 0.357. The number of ketones is 1. The van der Waals surface area contributed by atoms with Gasteiger partial charge in [0.25, 0.3) is 0 Å². The summed E-state index contributed by atoms with van der Waals surface area (Å²) in [6, 6.07) is 7.36. The molecule has 0 aliphatic carbocycles. The van der Waals surface area contributed by atoms with Gasteiger partial charge >= 0.3 is 0 Å². The first-order valence-electron chi connectivity index (χ1n) is 6.38. The van der Waals surface area contributed by atoms with Crippen molar-refractivity contribution < 1.29 is 9.32 Å². The molecule has 2 N–H and O–H groups in total. The van der Waals surface area contributed by atoms with E-state index in [0.29, 0.717) is 30.1 Å². The molecule has 1 aromatic heterocycles. The molecule has 5 nitrogen and oxygen atoms in total. The molecule has 0 fully saturated rings. The molecule has 0 aliphatic heterocycles. The number of benzene rings is 1. The lowest BCUT2D eigenvalue weighted by molar-refractivity contribution is 0.0963. The molecule has 1 heterocycles. The summed E-state index contributed by atoms with van der Waals surface area (Å²) in [5.74, 6) is 1.27. The van der Waals surface area contributed by atoms with Crippen molar-refractivity contribution >= 4 is 34.1 Å². The minimum absolute atomic E-state index is 0. The van der Waals surface area contributed by atoms with Gasteiger partial charge in [0.05, 0.1) is 6.54 Å². The van der Waals surface area contributed by atoms with Gasteiger partial charge in [-0.05, 0) is 18.1 Å². The lowest BCUT2D eigenvalue weighted by Crippen LogP contribution is -2.09. The van der Waals surface area contributed by atoms with E-state index in [-0.39, 0.29) is 30.7 Å². The number of nitrogens with two attached hydrogens (primary N) is 1. The molecule has 0 amide bonds. The Kier molecular flexibility index (Phi) is 7.01. The van der Waals surface area contributed by atoms with Crippen LogP contribution < -0.4 is 5.73 Å². The fourth-order valence-electron chi connectivity index (χ4n) is 1.90. The largest absolute Gasteiger partial charge is 0.339 e. The van der Waals surface area contributed by atoms with Crippen LogP contribution in [0.1, 0.15) is 35.4 Å². The Hall–Kier alpha value is -1.24. The van der Waals surface area contributed by atoms with Gasteiger partial charge in [-0.1, -0.05) is 40.1 Å². The van der Waals surface area contributed by atoms with Crippen LogP contribution in [0.4, 0.5) is 0 Å². The summed E-state index contributed by atoms with van der Waals surface area (Å²) in [4.78, 5) is 16.3. The SMILES string of the molecule is CC(CC(=O)c1ccc(Br)cc1)Cc1nc(CN)no1.Cl. The Morgan fingerprint density at radius 3 is 2.62 bits per heavy atom. The second-order valence-corrected chi connectivity index (χ2v) is 5.67. The predicted octanol–water partition coefficient (Wildman–Crippen LogP) is 3.16. The van der Waals surface area contributed by atoms with Crippen LogP contribution in [0.2, 0.25) is 0 Å². The average molecular weight is 375 g/mol. The van der Waals surface area contributed by atoms with Crippen molar-refractivity contribution in [3.63, 3.8) is 0 Å². The maximum Gasteiger partial charge on any atom is 0.226 e. The summed E-state index contributed by atoms with van der Waals surface area (Å²) in [7, 11) is 0. The highest BCUT2D eigenvalue weighted by molar-refractivity contribution is 9.10. The number of halogens is 2. The minimum atomic E-state index is 0. The summed E-state index contributed by atoms with van der Waals surface area (Å²) < 4.78 is 6.03. The van der Waals surface area contributed by atoms with Gasteiger partial charge < -0.3 is 10.3 Å². The third kappa shape index (κ3) is 5.22. The van der Waals surface area contributed by atoms with Crippen molar-refractivity contribution in [3.05, 3.63) is 46.0 Å². The summed E-state index contributed by atoms with van der Waals surface area (Å²) in [5.41, 5.74) is 6.14. The summed E-state index contributed by atoms with van der Waals surface area (Å²) >= 11 is 3.35. The molecular weight excluding hydrogens is 358 g/mol. The zero-order valence-corrected chi connectivity index (χ0v) is 14.0. The molecule has 2 rings (SSSR count). The van der Waals surface area contributed by atoms with Gasteiger partial charge in [0, 0.05) is 22.9 Å². The monoisotopic (exact) mass is 373 g/mol. The van der Waals surface area contributed by atoms with Gasteiger partial charge in [-0.25, -0.2) is 0 Å². The Bertz CT molecular complexity index is 586. The molecule has 1 atom stereocenters. The maximum atomic E-state index is 12.1. The van der Waals surface area contributed by atoms with Crippen LogP contribution in [0.15, 0.2) is 33.3 Å². The van der Waals surface area contributed by atoms with E-state index >= 15 is 0 Å². The lowest BCUT2D eigenvalue weighted by Gasteiger charge is -2.07. The first-order valence-corrected chi connectivity index (χ1v) is 7.18. The van der Waals surface area contributed by atoms with Crippen molar-refractivity contribution in [1.82, 2.24) is 10.1 Å². The van der Waals surface area contributed by atoms with E-state index in [0.717, 1.165) is 4.47 Å². The van der Waals surface area contributed by atoms with E-state index in [9.17, 15) is 4.79 Å². The normalized spacial score (nSPS) is 11.8. The minimum Gasteiger partial charge on any atom is -0.339 e. The summed E-state index contributed by atoms with van der Waals surface area (Å²) in [6.07, 6.45) is 1.03. The van der Waals surface area contributed by atoms with Crippen molar-refractivity contribution in [3.8, 4) is 0 Å². The maximum absolute atomic E-state index is 12.1. The molecule has 0 saturated heterocycles. The van der Waals surface area contributed by atoms with Crippen LogP contribution >= 0.6 is 28.3 Å².